The van der Waals surface area contributed by atoms with E-state index in [4.69, 9.17) is 0 Å². The van der Waals surface area contributed by atoms with Crippen LogP contribution in [0.15, 0.2) is 24.3 Å². The average molecular weight is 195 g/mol. The molecule has 1 amide bonds. The van der Waals surface area contributed by atoms with Gasteiger partial charge in [0, 0.05) is 13.0 Å². The number of anilines is 1. The molecular formula is C11H14FNO. The summed E-state index contributed by atoms with van der Waals surface area (Å²) in [4.78, 5) is 12.9. The van der Waals surface area contributed by atoms with Gasteiger partial charge in [-0.3, -0.25) is 4.79 Å². The van der Waals surface area contributed by atoms with Crippen molar-refractivity contribution < 1.29 is 9.18 Å². The van der Waals surface area contributed by atoms with Crippen molar-refractivity contribution in [3.63, 3.8) is 0 Å². The van der Waals surface area contributed by atoms with Gasteiger partial charge in [0.1, 0.15) is 5.82 Å². The number of benzene rings is 1. The molecule has 2 nitrogen and oxygen atoms in total. The lowest BCUT2D eigenvalue weighted by molar-refractivity contribution is -0.121. The molecular weight excluding hydrogens is 181 g/mol. The Kier molecular flexibility index (Phi) is 3.23. The lowest BCUT2D eigenvalue weighted by atomic mass is 10.2. The highest BCUT2D eigenvalue weighted by Gasteiger charge is 2.16. The van der Waals surface area contributed by atoms with Gasteiger partial charge in [0.2, 0.25) is 5.91 Å². The highest BCUT2D eigenvalue weighted by molar-refractivity contribution is 5.94. The molecule has 0 unspecified atom stereocenters. The van der Waals surface area contributed by atoms with E-state index in [2.05, 4.69) is 0 Å². The molecule has 0 aliphatic rings. The topological polar surface area (TPSA) is 20.3 Å². The smallest absolute Gasteiger partial charge is 0.229 e. The first kappa shape index (κ1) is 10.7. The number of carbonyl (C=O) groups excluding carboxylic acids is 1. The highest BCUT2D eigenvalue weighted by atomic mass is 19.1. The first-order valence-corrected chi connectivity index (χ1v) is 4.56. The maximum Gasteiger partial charge on any atom is 0.229 e. The molecule has 1 aromatic carbocycles. The Bertz CT molecular complexity index is 336. The Balaban J connectivity index is 2.95. The van der Waals surface area contributed by atoms with Crippen molar-refractivity contribution >= 4 is 11.6 Å². The first-order chi connectivity index (χ1) is 6.54. The molecule has 1 aromatic rings. The molecule has 0 saturated carbocycles. The summed E-state index contributed by atoms with van der Waals surface area (Å²) < 4.78 is 13.3. The Hall–Kier alpha value is -1.38. The minimum Gasteiger partial charge on any atom is -0.313 e. The van der Waals surface area contributed by atoms with Crippen LogP contribution in [0.5, 0.6) is 0 Å². The summed E-state index contributed by atoms with van der Waals surface area (Å²) in [5, 5.41) is 0. The standard InChI is InChI=1S/C11H14FNO/c1-8(2)11(14)13(3)10-7-5-4-6-9(10)12/h4-8H,1-3H3. The zero-order chi connectivity index (χ0) is 10.7. The van der Waals surface area contributed by atoms with E-state index in [-0.39, 0.29) is 17.6 Å². The van der Waals surface area contributed by atoms with Gasteiger partial charge in [-0.2, -0.15) is 0 Å². The normalized spacial score (nSPS) is 10.4. The summed E-state index contributed by atoms with van der Waals surface area (Å²) in [6.45, 7) is 3.58. The third-order valence-electron chi connectivity index (χ3n) is 2.04. The molecule has 0 radical (unpaired) electrons. The zero-order valence-corrected chi connectivity index (χ0v) is 8.62. The summed E-state index contributed by atoms with van der Waals surface area (Å²) in [5.41, 5.74) is 0.325. The minimum absolute atomic E-state index is 0.0879. The molecule has 0 aliphatic carbocycles. The number of para-hydroxylation sites is 1. The Morgan fingerprint density at radius 1 is 1.36 bits per heavy atom. The van der Waals surface area contributed by atoms with Crippen LogP contribution >= 0.6 is 0 Å². The van der Waals surface area contributed by atoms with Gasteiger partial charge < -0.3 is 4.90 Å². The third kappa shape index (κ3) is 2.10. The monoisotopic (exact) mass is 195 g/mol. The summed E-state index contributed by atoms with van der Waals surface area (Å²) in [7, 11) is 1.58. The van der Waals surface area contributed by atoms with Gasteiger partial charge in [0.25, 0.3) is 0 Å². The van der Waals surface area contributed by atoms with E-state index in [1.54, 1.807) is 39.1 Å². The number of hydrogen-bond donors (Lipinski definition) is 0. The zero-order valence-electron chi connectivity index (χ0n) is 8.62. The molecule has 0 fully saturated rings. The van der Waals surface area contributed by atoms with E-state index in [1.165, 1.54) is 11.0 Å². The van der Waals surface area contributed by atoms with Crippen LogP contribution in [0.25, 0.3) is 0 Å². The van der Waals surface area contributed by atoms with Crippen molar-refractivity contribution in [3.05, 3.63) is 30.1 Å². The predicted molar refractivity (Wildman–Crippen MR) is 54.6 cm³/mol. The lowest BCUT2D eigenvalue weighted by Crippen LogP contribution is -2.30. The highest BCUT2D eigenvalue weighted by Crippen LogP contribution is 2.18. The van der Waals surface area contributed by atoms with Gasteiger partial charge in [-0.25, -0.2) is 4.39 Å². The number of nitrogens with zero attached hydrogens (tertiary/aromatic N) is 1. The Morgan fingerprint density at radius 2 is 1.93 bits per heavy atom. The fourth-order valence-electron chi connectivity index (χ4n) is 1.23. The van der Waals surface area contributed by atoms with E-state index in [0.29, 0.717) is 5.69 Å². The molecule has 0 heterocycles. The van der Waals surface area contributed by atoms with Gasteiger partial charge >= 0.3 is 0 Å². The SMILES string of the molecule is CC(C)C(=O)N(C)c1ccccc1F. The van der Waals surface area contributed by atoms with Crippen molar-refractivity contribution in [3.8, 4) is 0 Å². The summed E-state index contributed by atoms with van der Waals surface area (Å²) in [5.74, 6) is -0.585. The van der Waals surface area contributed by atoms with Crippen LogP contribution < -0.4 is 4.90 Å². The predicted octanol–water partition coefficient (Wildman–Crippen LogP) is 2.44. The van der Waals surface area contributed by atoms with Crippen LogP contribution in [0.2, 0.25) is 0 Å². The van der Waals surface area contributed by atoms with E-state index in [0.717, 1.165) is 0 Å². The van der Waals surface area contributed by atoms with Crippen molar-refractivity contribution in [2.75, 3.05) is 11.9 Å². The first-order valence-electron chi connectivity index (χ1n) is 4.56. The average Bonchev–Trinajstić information content (AvgIpc) is 2.16. The van der Waals surface area contributed by atoms with Crippen molar-refractivity contribution in [1.29, 1.82) is 0 Å². The number of amides is 1. The molecule has 0 N–H and O–H groups in total. The van der Waals surface area contributed by atoms with Crippen molar-refractivity contribution in [2.45, 2.75) is 13.8 Å². The maximum absolute atomic E-state index is 13.3. The molecule has 0 atom stereocenters. The maximum atomic E-state index is 13.3. The summed E-state index contributed by atoms with van der Waals surface area (Å²) in [6, 6.07) is 6.25. The molecule has 76 valence electrons. The van der Waals surface area contributed by atoms with Gasteiger partial charge in [-0.15, -0.1) is 0 Å². The van der Waals surface area contributed by atoms with Gasteiger partial charge in [0.05, 0.1) is 5.69 Å². The van der Waals surface area contributed by atoms with Crippen LogP contribution in [0.1, 0.15) is 13.8 Å². The quantitative estimate of drug-likeness (QED) is 0.709. The van der Waals surface area contributed by atoms with Crippen LogP contribution in [-0.2, 0) is 4.79 Å². The second-order valence-corrected chi connectivity index (χ2v) is 3.50. The molecule has 0 bridgehead atoms. The molecule has 0 spiro atoms. The van der Waals surface area contributed by atoms with Crippen LogP contribution in [0.3, 0.4) is 0 Å². The van der Waals surface area contributed by atoms with Crippen LogP contribution in [-0.4, -0.2) is 13.0 Å². The minimum atomic E-state index is -0.371. The van der Waals surface area contributed by atoms with E-state index in [9.17, 15) is 9.18 Å². The van der Waals surface area contributed by atoms with Gasteiger partial charge in [0.15, 0.2) is 0 Å². The number of halogens is 1. The fraction of sp³-hybridized carbons (Fsp3) is 0.364. The second-order valence-electron chi connectivity index (χ2n) is 3.50. The Labute approximate surface area is 83.3 Å². The van der Waals surface area contributed by atoms with Crippen LogP contribution in [0.4, 0.5) is 10.1 Å². The van der Waals surface area contributed by atoms with E-state index >= 15 is 0 Å². The molecule has 0 aromatic heterocycles. The number of carbonyl (C=O) groups is 1. The molecule has 1 rings (SSSR count). The largest absolute Gasteiger partial charge is 0.313 e. The second kappa shape index (κ2) is 4.22. The molecule has 3 heteroatoms. The number of hydrogen-bond acceptors (Lipinski definition) is 1. The summed E-state index contributed by atoms with van der Waals surface area (Å²) in [6.07, 6.45) is 0. The van der Waals surface area contributed by atoms with Crippen LogP contribution in [0, 0.1) is 11.7 Å². The van der Waals surface area contributed by atoms with E-state index < -0.39 is 0 Å². The molecule has 0 saturated heterocycles. The molecule has 14 heavy (non-hydrogen) atoms. The third-order valence-corrected chi connectivity index (χ3v) is 2.04. The van der Waals surface area contributed by atoms with Crippen molar-refractivity contribution in [2.24, 2.45) is 5.92 Å². The molecule has 0 aliphatic heterocycles. The van der Waals surface area contributed by atoms with E-state index in [1.807, 2.05) is 0 Å². The van der Waals surface area contributed by atoms with Gasteiger partial charge in [-0.05, 0) is 12.1 Å². The lowest BCUT2D eigenvalue weighted by Gasteiger charge is -2.19. The van der Waals surface area contributed by atoms with Crippen molar-refractivity contribution in [1.82, 2.24) is 0 Å². The van der Waals surface area contributed by atoms with Gasteiger partial charge in [-0.1, -0.05) is 26.0 Å². The number of rotatable bonds is 2. The Morgan fingerprint density at radius 3 is 2.43 bits per heavy atom. The summed E-state index contributed by atoms with van der Waals surface area (Å²) >= 11 is 0. The fourth-order valence-corrected chi connectivity index (χ4v) is 1.23.